The summed E-state index contributed by atoms with van der Waals surface area (Å²) in [4.78, 5) is 22.3. The van der Waals surface area contributed by atoms with E-state index in [0.717, 1.165) is 12.1 Å². The van der Waals surface area contributed by atoms with Crippen LogP contribution < -0.4 is 5.32 Å². The highest BCUT2D eigenvalue weighted by molar-refractivity contribution is 5.93. The Morgan fingerprint density at radius 3 is 2.28 bits per heavy atom. The topological polar surface area (TPSA) is 46.2 Å². The van der Waals surface area contributed by atoms with Crippen LogP contribution in [-0.2, 0) is 9.59 Å². The van der Waals surface area contributed by atoms with Crippen molar-refractivity contribution in [1.82, 2.24) is 0 Å². The number of carbonyl (C=O) groups excluding carboxylic acids is 2. The number of Topliss-reactive ketones (excluding diaryl/α,β-unsaturated/α-hetero) is 1. The molecular weight excluding hydrogens is 226 g/mol. The monoisotopic (exact) mass is 247 g/mol. The van der Waals surface area contributed by atoms with Crippen molar-refractivity contribution in [3.63, 3.8) is 0 Å². The van der Waals surface area contributed by atoms with Gasteiger partial charge in [-0.15, -0.1) is 0 Å². The van der Waals surface area contributed by atoms with Gasteiger partial charge in [-0.2, -0.15) is 0 Å². The van der Waals surface area contributed by atoms with Gasteiger partial charge in [0.2, 0.25) is 5.91 Å². The minimum atomic E-state index is -0.110. The van der Waals surface area contributed by atoms with Crippen LogP contribution in [-0.4, -0.2) is 11.7 Å². The molecule has 1 aromatic carbocycles. The fraction of sp³-hybridized carbons (Fsp3) is 0.467. The van der Waals surface area contributed by atoms with E-state index in [4.69, 9.17) is 0 Å². The van der Waals surface area contributed by atoms with E-state index >= 15 is 0 Å². The molecule has 1 amide bonds. The molecule has 3 nitrogen and oxygen atoms in total. The zero-order valence-electron chi connectivity index (χ0n) is 11.3. The molecule has 1 N–H and O–H groups in total. The van der Waals surface area contributed by atoms with Crippen molar-refractivity contribution in [3.8, 4) is 0 Å². The Bertz CT molecular complexity index is 409. The van der Waals surface area contributed by atoms with Gasteiger partial charge in [-0.1, -0.05) is 26.0 Å². The van der Waals surface area contributed by atoms with Crippen LogP contribution in [0.4, 0.5) is 5.69 Å². The first kappa shape index (κ1) is 14.4. The van der Waals surface area contributed by atoms with Gasteiger partial charge in [0, 0.05) is 18.5 Å². The minimum Gasteiger partial charge on any atom is -0.326 e. The molecule has 0 bridgehead atoms. The van der Waals surface area contributed by atoms with E-state index in [9.17, 15) is 9.59 Å². The molecule has 1 rings (SSSR count). The van der Waals surface area contributed by atoms with Gasteiger partial charge >= 0.3 is 0 Å². The highest BCUT2D eigenvalue weighted by Crippen LogP contribution is 2.20. The number of nitrogens with one attached hydrogen (secondary N) is 1. The Balaban J connectivity index is 2.53. The summed E-state index contributed by atoms with van der Waals surface area (Å²) in [5.74, 6) is 0.464. The summed E-state index contributed by atoms with van der Waals surface area (Å²) < 4.78 is 0. The number of amides is 1. The van der Waals surface area contributed by atoms with E-state index in [1.807, 2.05) is 24.3 Å². The molecule has 98 valence electrons. The molecule has 0 radical (unpaired) electrons. The molecule has 1 unspecified atom stereocenters. The summed E-state index contributed by atoms with van der Waals surface area (Å²) in [5.41, 5.74) is 2.06. The van der Waals surface area contributed by atoms with Gasteiger partial charge < -0.3 is 10.1 Å². The van der Waals surface area contributed by atoms with E-state index < -0.39 is 0 Å². The molecule has 0 aliphatic rings. The van der Waals surface area contributed by atoms with Crippen LogP contribution in [0.1, 0.15) is 51.5 Å². The number of benzene rings is 1. The van der Waals surface area contributed by atoms with Gasteiger partial charge in [-0.3, -0.25) is 4.79 Å². The summed E-state index contributed by atoms with van der Waals surface area (Å²) in [6, 6.07) is 7.89. The molecule has 0 aromatic heterocycles. The van der Waals surface area contributed by atoms with Gasteiger partial charge in [0.25, 0.3) is 0 Å². The van der Waals surface area contributed by atoms with E-state index in [2.05, 4.69) is 19.2 Å². The molecule has 3 heteroatoms. The van der Waals surface area contributed by atoms with Crippen LogP contribution in [0.3, 0.4) is 0 Å². The van der Waals surface area contributed by atoms with Crippen LogP contribution in [0.2, 0.25) is 0 Å². The third-order valence-corrected chi connectivity index (χ3v) is 3.08. The molecule has 18 heavy (non-hydrogen) atoms. The second kappa shape index (κ2) is 6.94. The van der Waals surface area contributed by atoms with Crippen LogP contribution in [0, 0.1) is 0 Å². The fourth-order valence-corrected chi connectivity index (χ4v) is 1.64. The van der Waals surface area contributed by atoms with Crippen molar-refractivity contribution in [2.75, 3.05) is 5.32 Å². The van der Waals surface area contributed by atoms with Crippen molar-refractivity contribution >= 4 is 17.4 Å². The average Bonchev–Trinajstić information content (AvgIpc) is 2.36. The molecule has 1 aromatic rings. The maximum Gasteiger partial charge on any atom is 0.224 e. The lowest BCUT2D eigenvalue weighted by Crippen LogP contribution is -2.12. The largest absolute Gasteiger partial charge is 0.326 e. The summed E-state index contributed by atoms with van der Waals surface area (Å²) in [7, 11) is 0. The van der Waals surface area contributed by atoms with Gasteiger partial charge in [0.15, 0.2) is 0 Å². The molecule has 0 heterocycles. The van der Waals surface area contributed by atoms with Crippen LogP contribution >= 0.6 is 0 Å². The first-order valence-corrected chi connectivity index (χ1v) is 6.42. The summed E-state index contributed by atoms with van der Waals surface area (Å²) in [5, 5.41) is 2.79. The van der Waals surface area contributed by atoms with Crippen molar-refractivity contribution in [2.45, 2.75) is 46.0 Å². The fourth-order valence-electron chi connectivity index (χ4n) is 1.64. The Hall–Kier alpha value is -1.64. The van der Waals surface area contributed by atoms with E-state index in [1.165, 1.54) is 12.5 Å². The van der Waals surface area contributed by atoms with Crippen LogP contribution in [0.15, 0.2) is 24.3 Å². The Kier molecular flexibility index (Phi) is 5.56. The zero-order valence-corrected chi connectivity index (χ0v) is 11.3. The number of hydrogen-bond donors (Lipinski definition) is 1. The quantitative estimate of drug-likeness (QED) is 0.836. The van der Waals surface area contributed by atoms with Crippen molar-refractivity contribution in [2.24, 2.45) is 0 Å². The number of rotatable bonds is 6. The summed E-state index contributed by atoms with van der Waals surface area (Å²) in [6.07, 6.45) is 1.66. The Morgan fingerprint density at radius 1 is 1.17 bits per heavy atom. The van der Waals surface area contributed by atoms with Crippen LogP contribution in [0.5, 0.6) is 0 Å². The van der Waals surface area contributed by atoms with Gasteiger partial charge in [-0.25, -0.2) is 0 Å². The third-order valence-electron chi connectivity index (χ3n) is 3.08. The van der Waals surface area contributed by atoms with E-state index in [1.54, 1.807) is 0 Å². The smallest absolute Gasteiger partial charge is 0.224 e. The van der Waals surface area contributed by atoms with Crippen molar-refractivity contribution in [1.29, 1.82) is 0 Å². The van der Waals surface area contributed by atoms with Gasteiger partial charge in [-0.05, 0) is 37.0 Å². The van der Waals surface area contributed by atoms with E-state index in [-0.39, 0.29) is 18.1 Å². The molecule has 0 spiro atoms. The lowest BCUT2D eigenvalue weighted by atomic mass is 9.99. The zero-order chi connectivity index (χ0) is 13.5. The lowest BCUT2D eigenvalue weighted by Gasteiger charge is -2.10. The number of ketones is 1. The predicted molar refractivity (Wildman–Crippen MR) is 73.7 cm³/mol. The average molecular weight is 247 g/mol. The Labute approximate surface area is 109 Å². The highest BCUT2D eigenvalue weighted by Gasteiger charge is 2.05. The normalized spacial score (nSPS) is 11.9. The molecule has 0 saturated carbocycles. The first-order chi connectivity index (χ1) is 8.52. The SMILES string of the molecule is CCC(C)c1ccc(NC(=O)CCC(C)=O)cc1. The predicted octanol–water partition coefficient (Wildman–Crippen LogP) is 3.51. The Morgan fingerprint density at radius 2 is 1.78 bits per heavy atom. The third kappa shape index (κ3) is 4.70. The van der Waals surface area contributed by atoms with Gasteiger partial charge in [0.1, 0.15) is 5.78 Å². The first-order valence-electron chi connectivity index (χ1n) is 6.42. The number of hydrogen-bond acceptors (Lipinski definition) is 2. The highest BCUT2D eigenvalue weighted by atomic mass is 16.2. The second-order valence-electron chi connectivity index (χ2n) is 4.68. The van der Waals surface area contributed by atoms with Gasteiger partial charge in [0.05, 0.1) is 0 Å². The summed E-state index contributed by atoms with van der Waals surface area (Å²) in [6.45, 7) is 5.83. The molecule has 0 aliphatic heterocycles. The molecule has 0 saturated heterocycles. The molecular formula is C15H21NO2. The standard InChI is InChI=1S/C15H21NO2/c1-4-11(2)13-6-8-14(9-7-13)16-15(18)10-5-12(3)17/h6-9,11H,4-5,10H2,1-3H3,(H,16,18). The maximum absolute atomic E-state index is 11.5. The van der Waals surface area contributed by atoms with Crippen molar-refractivity contribution in [3.05, 3.63) is 29.8 Å². The lowest BCUT2D eigenvalue weighted by molar-refractivity contribution is -0.121. The number of carbonyl (C=O) groups is 2. The molecule has 0 aliphatic carbocycles. The molecule has 1 atom stereocenters. The summed E-state index contributed by atoms with van der Waals surface area (Å²) >= 11 is 0. The van der Waals surface area contributed by atoms with E-state index in [0.29, 0.717) is 12.3 Å². The minimum absolute atomic E-state index is 0.0391. The second-order valence-corrected chi connectivity index (χ2v) is 4.68. The maximum atomic E-state index is 11.5. The van der Waals surface area contributed by atoms with Crippen LogP contribution in [0.25, 0.3) is 0 Å². The molecule has 0 fully saturated rings. The number of anilines is 1. The van der Waals surface area contributed by atoms with Crippen molar-refractivity contribution < 1.29 is 9.59 Å².